The molecule has 4 heteroatoms. The molecule has 1 unspecified atom stereocenters. The van der Waals surface area contributed by atoms with Crippen molar-refractivity contribution in [1.82, 2.24) is 5.32 Å². The molecule has 2 atom stereocenters. The van der Waals surface area contributed by atoms with Crippen LogP contribution in [0.25, 0.3) is 0 Å². The summed E-state index contributed by atoms with van der Waals surface area (Å²) in [6.45, 7) is 4.51. The maximum atomic E-state index is 13.5. The van der Waals surface area contributed by atoms with E-state index in [1.165, 1.54) is 6.07 Å². The van der Waals surface area contributed by atoms with E-state index in [-0.39, 0.29) is 18.0 Å². The Kier molecular flexibility index (Phi) is 5.38. The molecule has 90 valence electrons. The minimum atomic E-state index is -0.195. The topological polar surface area (TPSA) is 21.3 Å². The molecule has 0 radical (unpaired) electrons. The summed E-state index contributed by atoms with van der Waals surface area (Å²) in [6, 6.07) is 5.27. The lowest BCUT2D eigenvalue weighted by molar-refractivity contribution is 0.0881. The Labute approximate surface area is 104 Å². The Bertz CT molecular complexity index is 346. The van der Waals surface area contributed by atoms with Crippen LogP contribution < -0.4 is 5.32 Å². The Morgan fingerprint density at radius 2 is 2.12 bits per heavy atom. The van der Waals surface area contributed by atoms with Crippen molar-refractivity contribution in [2.75, 3.05) is 7.11 Å². The summed E-state index contributed by atoms with van der Waals surface area (Å²) in [4.78, 5) is 0. The van der Waals surface area contributed by atoms with Crippen molar-refractivity contribution in [2.24, 2.45) is 0 Å². The molecule has 0 saturated carbocycles. The van der Waals surface area contributed by atoms with Gasteiger partial charge in [-0.2, -0.15) is 0 Å². The van der Waals surface area contributed by atoms with Crippen LogP contribution in [0.5, 0.6) is 0 Å². The highest BCUT2D eigenvalue weighted by molar-refractivity contribution is 9.10. The zero-order valence-electron chi connectivity index (χ0n) is 9.76. The SMILES string of the molecule is CO[C@H](C)C(C)NCc1ccc(Br)cc1F. The van der Waals surface area contributed by atoms with Gasteiger partial charge in [0.2, 0.25) is 0 Å². The van der Waals surface area contributed by atoms with Crippen LogP contribution in [0.3, 0.4) is 0 Å². The zero-order chi connectivity index (χ0) is 12.1. The molecule has 0 heterocycles. The Morgan fingerprint density at radius 1 is 1.44 bits per heavy atom. The summed E-state index contributed by atoms with van der Waals surface area (Å²) in [6.07, 6.45) is 0.110. The lowest BCUT2D eigenvalue weighted by Crippen LogP contribution is -2.36. The van der Waals surface area contributed by atoms with Crippen LogP contribution in [0.4, 0.5) is 4.39 Å². The lowest BCUT2D eigenvalue weighted by Gasteiger charge is -2.20. The summed E-state index contributed by atoms with van der Waals surface area (Å²) < 4.78 is 19.4. The van der Waals surface area contributed by atoms with Crippen LogP contribution in [0.15, 0.2) is 22.7 Å². The third-order valence-electron chi connectivity index (χ3n) is 2.71. The van der Waals surface area contributed by atoms with Gasteiger partial charge in [-0.05, 0) is 26.0 Å². The molecule has 0 aliphatic heterocycles. The van der Waals surface area contributed by atoms with Gasteiger partial charge in [0, 0.05) is 29.7 Å². The molecule has 0 spiro atoms. The highest BCUT2D eigenvalue weighted by Crippen LogP contribution is 2.15. The average molecular weight is 290 g/mol. The van der Waals surface area contributed by atoms with Crippen LogP contribution in [-0.4, -0.2) is 19.3 Å². The van der Waals surface area contributed by atoms with Crippen molar-refractivity contribution in [3.8, 4) is 0 Å². The highest BCUT2D eigenvalue weighted by Gasteiger charge is 2.11. The second-order valence-electron chi connectivity index (χ2n) is 3.85. The largest absolute Gasteiger partial charge is 0.380 e. The van der Waals surface area contributed by atoms with E-state index in [1.807, 2.05) is 19.9 Å². The maximum Gasteiger partial charge on any atom is 0.128 e. The second kappa shape index (κ2) is 6.33. The van der Waals surface area contributed by atoms with Crippen molar-refractivity contribution in [3.05, 3.63) is 34.1 Å². The Hall–Kier alpha value is -0.450. The molecule has 1 rings (SSSR count). The van der Waals surface area contributed by atoms with Gasteiger partial charge in [0.1, 0.15) is 5.82 Å². The highest BCUT2D eigenvalue weighted by atomic mass is 79.9. The van der Waals surface area contributed by atoms with E-state index in [9.17, 15) is 4.39 Å². The molecular formula is C12H17BrFNO. The fraction of sp³-hybridized carbons (Fsp3) is 0.500. The zero-order valence-corrected chi connectivity index (χ0v) is 11.3. The van der Waals surface area contributed by atoms with E-state index in [4.69, 9.17) is 4.74 Å². The van der Waals surface area contributed by atoms with Gasteiger partial charge in [0.05, 0.1) is 6.10 Å². The molecular weight excluding hydrogens is 273 g/mol. The van der Waals surface area contributed by atoms with E-state index in [2.05, 4.69) is 21.2 Å². The minimum Gasteiger partial charge on any atom is -0.380 e. The lowest BCUT2D eigenvalue weighted by atomic mass is 10.1. The second-order valence-corrected chi connectivity index (χ2v) is 4.76. The molecule has 0 aliphatic rings. The van der Waals surface area contributed by atoms with Gasteiger partial charge in [-0.25, -0.2) is 4.39 Å². The number of ether oxygens (including phenoxy) is 1. The van der Waals surface area contributed by atoms with Gasteiger partial charge in [0.15, 0.2) is 0 Å². The van der Waals surface area contributed by atoms with E-state index in [1.54, 1.807) is 13.2 Å². The molecule has 1 aromatic carbocycles. The van der Waals surface area contributed by atoms with Crippen LogP contribution in [0.1, 0.15) is 19.4 Å². The van der Waals surface area contributed by atoms with Crippen LogP contribution in [0.2, 0.25) is 0 Å². The fourth-order valence-electron chi connectivity index (χ4n) is 1.31. The van der Waals surface area contributed by atoms with E-state index < -0.39 is 0 Å². The van der Waals surface area contributed by atoms with E-state index >= 15 is 0 Å². The first-order chi connectivity index (χ1) is 7.54. The van der Waals surface area contributed by atoms with Crippen molar-refractivity contribution in [2.45, 2.75) is 32.5 Å². The van der Waals surface area contributed by atoms with Crippen LogP contribution in [-0.2, 0) is 11.3 Å². The first-order valence-electron chi connectivity index (χ1n) is 5.24. The van der Waals surface area contributed by atoms with Crippen molar-refractivity contribution in [1.29, 1.82) is 0 Å². The van der Waals surface area contributed by atoms with Crippen molar-refractivity contribution < 1.29 is 9.13 Å². The molecule has 0 saturated heterocycles. The van der Waals surface area contributed by atoms with Gasteiger partial charge in [-0.15, -0.1) is 0 Å². The normalized spacial score (nSPS) is 14.8. The number of halogens is 2. The quantitative estimate of drug-likeness (QED) is 0.899. The van der Waals surface area contributed by atoms with Crippen LogP contribution in [0, 0.1) is 5.82 Å². The number of nitrogens with one attached hydrogen (secondary N) is 1. The molecule has 1 aromatic rings. The average Bonchev–Trinajstić information content (AvgIpc) is 2.26. The first-order valence-corrected chi connectivity index (χ1v) is 6.04. The molecule has 1 N–H and O–H groups in total. The maximum absolute atomic E-state index is 13.5. The van der Waals surface area contributed by atoms with Gasteiger partial charge < -0.3 is 10.1 Å². The van der Waals surface area contributed by atoms with E-state index in [0.29, 0.717) is 12.1 Å². The van der Waals surface area contributed by atoms with Crippen molar-refractivity contribution >= 4 is 15.9 Å². The number of hydrogen-bond donors (Lipinski definition) is 1. The Morgan fingerprint density at radius 3 is 2.69 bits per heavy atom. The predicted molar refractivity (Wildman–Crippen MR) is 66.9 cm³/mol. The molecule has 0 aliphatic carbocycles. The molecule has 0 amide bonds. The minimum absolute atomic E-state index is 0.110. The van der Waals surface area contributed by atoms with Gasteiger partial charge >= 0.3 is 0 Å². The van der Waals surface area contributed by atoms with Gasteiger partial charge in [-0.1, -0.05) is 22.0 Å². The van der Waals surface area contributed by atoms with Gasteiger partial charge in [-0.3, -0.25) is 0 Å². The van der Waals surface area contributed by atoms with E-state index in [0.717, 1.165) is 4.47 Å². The summed E-state index contributed by atoms with van der Waals surface area (Å²) in [5, 5.41) is 3.23. The monoisotopic (exact) mass is 289 g/mol. The molecule has 0 aromatic heterocycles. The Balaban J connectivity index is 2.54. The number of hydrogen-bond acceptors (Lipinski definition) is 2. The third kappa shape index (κ3) is 3.85. The number of methoxy groups -OCH3 is 1. The summed E-state index contributed by atoms with van der Waals surface area (Å²) in [5.41, 5.74) is 0.665. The van der Waals surface area contributed by atoms with Gasteiger partial charge in [0.25, 0.3) is 0 Å². The standard InChI is InChI=1S/C12H17BrFNO/c1-8(9(2)16-3)15-7-10-4-5-11(13)6-12(10)14/h4-6,8-9,15H,7H2,1-3H3/t8?,9-/m1/s1. The molecule has 16 heavy (non-hydrogen) atoms. The fourth-order valence-corrected chi connectivity index (χ4v) is 1.64. The number of benzene rings is 1. The molecule has 2 nitrogen and oxygen atoms in total. The molecule has 0 fully saturated rings. The predicted octanol–water partition coefficient (Wildman–Crippen LogP) is 3.10. The summed E-state index contributed by atoms with van der Waals surface area (Å²) in [7, 11) is 1.67. The molecule has 0 bridgehead atoms. The third-order valence-corrected chi connectivity index (χ3v) is 3.20. The van der Waals surface area contributed by atoms with Crippen LogP contribution >= 0.6 is 15.9 Å². The summed E-state index contributed by atoms with van der Waals surface area (Å²) in [5.74, 6) is -0.195. The first kappa shape index (κ1) is 13.6. The smallest absolute Gasteiger partial charge is 0.128 e. The number of rotatable bonds is 5. The van der Waals surface area contributed by atoms with Crippen molar-refractivity contribution in [3.63, 3.8) is 0 Å². The summed E-state index contributed by atoms with van der Waals surface area (Å²) >= 11 is 3.23.